The maximum Gasteiger partial charge on any atom is 0.338 e. The van der Waals surface area contributed by atoms with Crippen molar-refractivity contribution in [3.63, 3.8) is 0 Å². The number of nitrogens with one attached hydrogen (secondary N) is 2. The molecule has 0 aliphatic carbocycles. The minimum absolute atomic E-state index is 0.150. The molecule has 0 bridgehead atoms. The summed E-state index contributed by atoms with van der Waals surface area (Å²) in [6.45, 7) is 3.25. The first-order valence-corrected chi connectivity index (χ1v) is 10.7. The molecule has 0 saturated heterocycles. The fourth-order valence-electron chi connectivity index (χ4n) is 2.68. The Morgan fingerprint density at radius 2 is 1.71 bits per heavy atom. The number of esters is 1. The Balaban J connectivity index is 1.63. The molecule has 2 N–H and O–H groups in total. The molecule has 160 valence electrons. The van der Waals surface area contributed by atoms with E-state index in [1.165, 1.54) is 18.4 Å². The van der Waals surface area contributed by atoms with Gasteiger partial charge in [0.1, 0.15) is 0 Å². The smallest absolute Gasteiger partial charge is 0.338 e. The van der Waals surface area contributed by atoms with Crippen molar-refractivity contribution in [2.75, 3.05) is 17.2 Å². The van der Waals surface area contributed by atoms with Crippen molar-refractivity contribution in [3.8, 4) is 0 Å². The normalized spacial score (nSPS) is 10.5. The van der Waals surface area contributed by atoms with Gasteiger partial charge in [-0.15, -0.1) is 0 Å². The molecule has 9 heteroatoms. The fraction of sp³-hybridized carbons (Fsp3) is 0.136. The number of anilines is 2. The quantitative estimate of drug-likeness (QED) is 0.397. The number of furan rings is 1. The molecule has 3 rings (SSSR count). The van der Waals surface area contributed by atoms with Gasteiger partial charge < -0.3 is 19.8 Å². The van der Waals surface area contributed by atoms with Gasteiger partial charge in [-0.05, 0) is 93.2 Å². The van der Waals surface area contributed by atoms with E-state index in [9.17, 15) is 14.4 Å². The fourth-order valence-corrected chi connectivity index (χ4v) is 4.30. The molecule has 0 saturated carbocycles. The minimum atomic E-state index is -0.689. The molecule has 0 unspecified atom stereocenters. The van der Waals surface area contributed by atoms with Crippen LogP contribution in [0.5, 0.6) is 0 Å². The van der Waals surface area contributed by atoms with Crippen LogP contribution in [0.4, 0.5) is 11.4 Å². The van der Waals surface area contributed by atoms with E-state index in [1.54, 1.807) is 25.1 Å². The summed E-state index contributed by atoms with van der Waals surface area (Å²) in [7, 11) is 0. The number of hydrogen-bond donors (Lipinski definition) is 2. The first-order chi connectivity index (χ1) is 14.7. The van der Waals surface area contributed by atoms with Crippen LogP contribution in [-0.4, -0.2) is 24.4 Å². The van der Waals surface area contributed by atoms with Crippen LogP contribution in [0.3, 0.4) is 0 Å². The van der Waals surface area contributed by atoms with Crippen LogP contribution < -0.4 is 10.6 Å². The number of ether oxygens (including phenoxy) is 1. The molecule has 7 nitrogen and oxygen atoms in total. The Hall–Kier alpha value is -2.91. The van der Waals surface area contributed by atoms with Crippen molar-refractivity contribution in [1.29, 1.82) is 0 Å². The Bertz CT molecular complexity index is 1120. The summed E-state index contributed by atoms with van der Waals surface area (Å²) in [5.41, 5.74) is 2.95. The molecule has 0 radical (unpaired) electrons. The Morgan fingerprint density at radius 1 is 1.00 bits per heavy atom. The predicted octanol–water partition coefficient (Wildman–Crippen LogP) is 5.47. The molecule has 2 amide bonds. The molecule has 2 aromatic carbocycles. The predicted molar refractivity (Wildman–Crippen MR) is 123 cm³/mol. The lowest BCUT2D eigenvalue weighted by atomic mass is 10.1. The highest BCUT2D eigenvalue weighted by atomic mass is 79.9. The van der Waals surface area contributed by atoms with E-state index in [4.69, 9.17) is 9.15 Å². The number of carbonyl (C=O) groups is 3. The van der Waals surface area contributed by atoms with Crippen LogP contribution in [0.25, 0.3) is 0 Å². The summed E-state index contributed by atoms with van der Waals surface area (Å²) < 4.78 is 11.6. The van der Waals surface area contributed by atoms with E-state index in [-0.39, 0.29) is 11.3 Å². The van der Waals surface area contributed by atoms with Crippen LogP contribution in [0, 0.1) is 13.8 Å². The van der Waals surface area contributed by atoms with Gasteiger partial charge in [-0.2, -0.15) is 0 Å². The molecule has 0 fully saturated rings. The highest BCUT2D eigenvalue weighted by Gasteiger charge is 2.16. The van der Waals surface area contributed by atoms with Crippen molar-refractivity contribution < 1.29 is 23.5 Å². The second kappa shape index (κ2) is 9.93. The molecule has 31 heavy (non-hydrogen) atoms. The number of carbonyl (C=O) groups excluding carboxylic acids is 3. The molecular formula is C22H18Br2N2O5. The lowest BCUT2D eigenvalue weighted by Gasteiger charge is -2.12. The second-order valence-corrected chi connectivity index (χ2v) is 8.40. The van der Waals surface area contributed by atoms with Crippen molar-refractivity contribution in [2.45, 2.75) is 13.8 Å². The van der Waals surface area contributed by atoms with Crippen molar-refractivity contribution >= 4 is 61.0 Å². The number of hydrogen-bond acceptors (Lipinski definition) is 5. The zero-order valence-corrected chi connectivity index (χ0v) is 19.8. The van der Waals surface area contributed by atoms with Crippen molar-refractivity contribution in [1.82, 2.24) is 0 Å². The van der Waals surface area contributed by atoms with E-state index in [1.807, 2.05) is 19.1 Å². The van der Waals surface area contributed by atoms with Gasteiger partial charge in [-0.3, -0.25) is 9.59 Å². The van der Waals surface area contributed by atoms with Crippen LogP contribution in [0.1, 0.15) is 32.0 Å². The van der Waals surface area contributed by atoms with Crippen LogP contribution >= 0.6 is 31.9 Å². The number of aryl methyl sites for hydroxylation is 2. The van der Waals surface area contributed by atoms with E-state index < -0.39 is 24.4 Å². The molecular weight excluding hydrogens is 532 g/mol. The highest BCUT2D eigenvalue weighted by Crippen LogP contribution is 2.32. The summed E-state index contributed by atoms with van der Waals surface area (Å²) in [6, 6.07) is 11.6. The highest BCUT2D eigenvalue weighted by molar-refractivity contribution is 9.11. The van der Waals surface area contributed by atoms with E-state index in [2.05, 4.69) is 42.5 Å². The largest absolute Gasteiger partial charge is 0.459 e. The lowest BCUT2D eigenvalue weighted by molar-refractivity contribution is -0.119. The Labute approximate surface area is 195 Å². The standard InChI is InChI=1S/C22H18Br2N2O5/c1-12-8-15(23)20(16(24)9-12)26-19(27)11-31-22(29)14-6-5-13(2)17(10-14)25-21(28)18-4-3-7-30-18/h3-10H,11H2,1-2H3,(H,25,28)(H,26,27). The van der Waals surface area contributed by atoms with E-state index in [0.29, 0.717) is 20.3 Å². The Kier molecular flexibility index (Phi) is 7.29. The summed E-state index contributed by atoms with van der Waals surface area (Å²) >= 11 is 6.80. The maximum atomic E-state index is 12.4. The third kappa shape index (κ3) is 5.83. The van der Waals surface area contributed by atoms with Gasteiger partial charge in [0, 0.05) is 14.6 Å². The lowest BCUT2D eigenvalue weighted by Crippen LogP contribution is -2.21. The van der Waals surface area contributed by atoms with Gasteiger partial charge in [0.05, 0.1) is 17.5 Å². The van der Waals surface area contributed by atoms with Crippen LogP contribution in [0.2, 0.25) is 0 Å². The first-order valence-electron chi connectivity index (χ1n) is 9.12. The molecule has 0 aliphatic heterocycles. The number of benzene rings is 2. The second-order valence-electron chi connectivity index (χ2n) is 6.69. The number of amides is 2. The van der Waals surface area contributed by atoms with Gasteiger partial charge in [0.2, 0.25) is 0 Å². The summed E-state index contributed by atoms with van der Waals surface area (Å²) in [6.07, 6.45) is 1.40. The molecule has 1 aromatic heterocycles. The van der Waals surface area contributed by atoms with E-state index in [0.717, 1.165) is 11.1 Å². The van der Waals surface area contributed by atoms with Crippen LogP contribution in [0.15, 0.2) is 62.1 Å². The van der Waals surface area contributed by atoms with E-state index >= 15 is 0 Å². The summed E-state index contributed by atoms with van der Waals surface area (Å²) in [5, 5.41) is 5.39. The maximum absolute atomic E-state index is 12.4. The molecule has 0 spiro atoms. The third-order valence-corrected chi connectivity index (χ3v) is 5.50. The van der Waals surface area contributed by atoms with Gasteiger partial charge in [-0.1, -0.05) is 6.07 Å². The monoisotopic (exact) mass is 548 g/mol. The van der Waals surface area contributed by atoms with Crippen LogP contribution in [-0.2, 0) is 9.53 Å². The minimum Gasteiger partial charge on any atom is -0.459 e. The zero-order valence-electron chi connectivity index (χ0n) is 16.6. The van der Waals surface area contributed by atoms with Crippen molar-refractivity contribution in [2.24, 2.45) is 0 Å². The Morgan fingerprint density at radius 3 is 2.35 bits per heavy atom. The average molecular weight is 550 g/mol. The molecule has 0 aliphatic rings. The first kappa shape index (κ1) is 22.8. The zero-order chi connectivity index (χ0) is 22.5. The van der Waals surface area contributed by atoms with Gasteiger partial charge in [-0.25, -0.2) is 4.79 Å². The molecule has 1 heterocycles. The van der Waals surface area contributed by atoms with Crippen molar-refractivity contribution in [3.05, 3.63) is 80.1 Å². The third-order valence-electron chi connectivity index (χ3n) is 4.25. The number of rotatable bonds is 6. The summed E-state index contributed by atoms with van der Waals surface area (Å²) in [4.78, 5) is 36.8. The van der Waals surface area contributed by atoms with Gasteiger partial charge >= 0.3 is 5.97 Å². The molecule has 0 atom stereocenters. The SMILES string of the molecule is Cc1cc(Br)c(NC(=O)COC(=O)c2ccc(C)c(NC(=O)c3ccco3)c2)c(Br)c1. The number of halogens is 2. The summed E-state index contributed by atoms with van der Waals surface area (Å²) in [5.74, 6) is -1.47. The average Bonchev–Trinajstić information content (AvgIpc) is 3.25. The molecule has 3 aromatic rings. The van der Waals surface area contributed by atoms with Gasteiger partial charge in [0.15, 0.2) is 12.4 Å². The topological polar surface area (TPSA) is 97.6 Å². The van der Waals surface area contributed by atoms with Gasteiger partial charge in [0.25, 0.3) is 11.8 Å².